The molecule has 0 aromatic rings. The molecule has 0 bridgehead atoms. The van der Waals surface area contributed by atoms with E-state index >= 15 is 0 Å². The summed E-state index contributed by atoms with van der Waals surface area (Å²) < 4.78 is 10.3. The van der Waals surface area contributed by atoms with Gasteiger partial charge < -0.3 is 15.2 Å². The lowest BCUT2D eigenvalue weighted by Crippen LogP contribution is -2.27. The molecule has 0 aromatic carbocycles. The first-order valence-corrected chi connectivity index (χ1v) is 5.28. The van der Waals surface area contributed by atoms with Gasteiger partial charge in [-0.2, -0.15) is 0 Å². The van der Waals surface area contributed by atoms with Crippen LogP contribution in [0.15, 0.2) is 0 Å². The molecule has 1 aliphatic rings. The Bertz CT molecular complexity index is 200. The predicted octanol–water partition coefficient (Wildman–Crippen LogP) is 1.34. The van der Waals surface area contributed by atoms with Gasteiger partial charge in [0.05, 0.1) is 0 Å². The molecule has 2 N–H and O–H groups in total. The number of hydrogen-bond acceptors (Lipinski definition) is 4. The maximum atomic E-state index is 10.3. The van der Waals surface area contributed by atoms with Gasteiger partial charge in [0.1, 0.15) is 17.6 Å². The zero-order valence-electron chi connectivity index (χ0n) is 7.91. The van der Waals surface area contributed by atoms with Crippen LogP contribution in [-0.4, -0.2) is 29.5 Å². The summed E-state index contributed by atoms with van der Waals surface area (Å²) in [5.41, 5.74) is 4.85. The first-order valence-electron chi connectivity index (χ1n) is 4.30. The molecule has 0 radical (unpaired) electrons. The van der Waals surface area contributed by atoms with Gasteiger partial charge in [-0.25, -0.2) is 4.79 Å². The van der Waals surface area contributed by atoms with Crippen LogP contribution in [0, 0.1) is 0 Å². The van der Waals surface area contributed by atoms with E-state index in [-0.39, 0.29) is 17.6 Å². The summed E-state index contributed by atoms with van der Waals surface area (Å²) >= 11 is 1.75. The molecule has 1 saturated heterocycles. The van der Waals surface area contributed by atoms with Crippen molar-refractivity contribution in [1.82, 2.24) is 0 Å². The number of hydrogen-bond donors (Lipinski definition) is 1. The summed E-state index contributed by atoms with van der Waals surface area (Å²) in [6.45, 7) is 4.38. The standard InChI is InChI=1S/C8H15NO3S/c1-3-8(2)12-6(5-13-8)4-11-7(9)10/h6H,3-5H2,1-2H3,(H2,9,10)/t6-,8+/m0/s1. The number of primary amides is 1. The number of nitrogens with two attached hydrogens (primary N) is 1. The van der Waals surface area contributed by atoms with Crippen molar-refractivity contribution < 1.29 is 14.3 Å². The number of amides is 1. The molecule has 13 heavy (non-hydrogen) atoms. The molecule has 5 heteroatoms. The highest BCUT2D eigenvalue weighted by atomic mass is 32.2. The van der Waals surface area contributed by atoms with Crippen LogP contribution in [0.2, 0.25) is 0 Å². The number of rotatable bonds is 3. The Morgan fingerprint density at radius 1 is 1.85 bits per heavy atom. The van der Waals surface area contributed by atoms with Gasteiger partial charge in [0.25, 0.3) is 0 Å². The van der Waals surface area contributed by atoms with Gasteiger partial charge in [-0.1, -0.05) is 6.92 Å². The molecule has 0 spiro atoms. The topological polar surface area (TPSA) is 61.6 Å². The van der Waals surface area contributed by atoms with E-state index in [1.165, 1.54) is 0 Å². The first kappa shape index (κ1) is 10.7. The fourth-order valence-corrected chi connectivity index (χ4v) is 2.24. The third kappa shape index (κ3) is 3.08. The second-order valence-corrected chi connectivity index (χ2v) is 4.65. The highest BCUT2D eigenvalue weighted by Gasteiger charge is 2.35. The van der Waals surface area contributed by atoms with Crippen molar-refractivity contribution in [3.63, 3.8) is 0 Å². The van der Waals surface area contributed by atoms with Crippen LogP contribution in [0.3, 0.4) is 0 Å². The van der Waals surface area contributed by atoms with Crippen molar-refractivity contribution >= 4 is 17.9 Å². The molecular weight excluding hydrogens is 190 g/mol. The van der Waals surface area contributed by atoms with E-state index in [2.05, 4.69) is 11.7 Å². The van der Waals surface area contributed by atoms with Crippen molar-refractivity contribution in [2.75, 3.05) is 12.4 Å². The summed E-state index contributed by atoms with van der Waals surface area (Å²) in [6, 6.07) is 0. The van der Waals surface area contributed by atoms with E-state index in [1.807, 2.05) is 6.92 Å². The highest BCUT2D eigenvalue weighted by molar-refractivity contribution is 8.00. The minimum Gasteiger partial charge on any atom is -0.447 e. The lowest BCUT2D eigenvalue weighted by atomic mass is 10.3. The number of carbonyl (C=O) groups excluding carboxylic acids is 1. The second kappa shape index (κ2) is 4.19. The molecule has 1 fully saturated rings. The predicted molar refractivity (Wildman–Crippen MR) is 51.6 cm³/mol. The molecule has 1 heterocycles. The summed E-state index contributed by atoms with van der Waals surface area (Å²) in [6.07, 6.45) is 0.200. The van der Waals surface area contributed by atoms with Crippen LogP contribution in [-0.2, 0) is 9.47 Å². The van der Waals surface area contributed by atoms with Crippen molar-refractivity contribution in [2.45, 2.75) is 31.3 Å². The van der Waals surface area contributed by atoms with Crippen LogP contribution in [0.5, 0.6) is 0 Å². The quantitative estimate of drug-likeness (QED) is 0.755. The van der Waals surface area contributed by atoms with Crippen LogP contribution < -0.4 is 5.73 Å². The Kier molecular flexibility index (Phi) is 3.44. The Morgan fingerprint density at radius 2 is 2.54 bits per heavy atom. The van der Waals surface area contributed by atoms with E-state index in [9.17, 15) is 4.79 Å². The van der Waals surface area contributed by atoms with Gasteiger partial charge in [0, 0.05) is 5.75 Å². The van der Waals surface area contributed by atoms with Crippen LogP contribution in [0.4, 0.5) is 4.79 Å². The average Bonchev–Trinajstić information content (AvgIpc) is 2.45. The van der Waals surface area contributed by atoms with Gasteiger partial charge in [-0.15, -0.1) is 11.8 Å². The molecule has 1 amide bonds. The second-order valence-electron chi connectivity index (χ2n) is 3.17. The molecule has 0 saturated carbocycles. The summed E-state index contributed by atoms with van der Waals surface area (Å²) in [5.74, 6) is 0.859. The Hall–Kier alpha value is -0.420. The van der Waals surface area contributed by atoms with Gasteiger partial charge in [-0.05, 0) is 13.3 Å². The fourth-order valence-electron chi connectivity index (χ4n) is 1.13. The number of ether oxygens (including phenoxy) is 2. The van der Waals surface area contributed by atoms with Crippen molar-refractivity contribution in [1.29, 1.82) is 0 Å². The summed E-state index contributed by atoms with van der Waals surface area (Å²) in [7, 11) is 0. The van der Waals surface area contributed by atoms with Crippen LogP contribution in [0.1, 0.15) is 20.3 Å². The van der Waals surface area contributed by atoms with E-state index in [0.717, 1.165) is 12.2 Å². The lowest BCUT2D eigenvalue weighted by Gasteiger charge is -2.21. The smallest absolute Gasteiger partial charge is 0.404 e. The maximum absolute atomic E-state index is 10.3. The summed E-state index contributed by atoms with van der Waals surface area (Å²) in [5, 5.41) is 0. The molecule has 1 rings (SSSR count). The Morgan fingerprint density at radius 3 is 3.00 bits per heavy atom. The first-order chi connectivity index (χ1) is 6.06. The zero-order valence-corrected chi connectivity index (χ0v) is 8.73. The van der Waals surface area contributed by atoms with Gasteiger partial charge in [-0.3, -0.25) is 0 Å². The minimum absolute atomic E-state index is 0.0116. The third-order valence-electron chi connectivity index (χ3n) is 2.04. The van der Waals surface area contributed by atoms with Crippen molar-refractivity contribution in [3.05, 3.63) is 0 Å². The fraction of sp³-hybridized carbons (Fsp3) is 0.875. The Balaban J connectivity index is 2.29. The van der Waals surface area contributed by atoms with Crippen LogP contribution in [0.25, 0.3) is 0 Å². The third-order valence-corrected chi connectivity index (χ3v) is 3.58. The number of thioether (sulfide) groups is 1. The normalized spacial score (nSPS) is 33.2. The molecule has 0 aliphatic carbocycles. The monoisotopic (exact) mass is 205 g/mol. The van der Waals surface area contributed by atoms with E-state index < -0.39 is 6.09 Å². The van der Waals surface area contributed by atoms with E-state index in [1.54, 1.807) is 11.8 Å². The van der Waals surface area contributed by atoms with Crippen LogP contribution >= 0.6 is 11.8 Å². The molecular formula is C8H15NO3S. The molecule has 2 atom stereocenters. The molecule has 1 aliphatic heterocycles. The number of carbonyl (C=O) groups is 1. The van der Waals surface area contributed by atoms with Crippen molar-refractivity contribution in [3.8, 4) is 0 Å². The Labute approximate surface area is 82.1 Å². The average molecular weight is 205 g/mol. The molecule has 4 nitrogen and oxygen atoms in total. The largest absolute Gasteiger partial charge is 0.447 e. The van der Waals surface area contributed by atoms with E-state index in [0.29, 0.717) is 0 Å². The van der Waals surface area contributed by atoms with Gasteiger partial charge in [0.15, 0.2) is 0 Å². The zero-order chi connectivity index (χ0) is 9.90. The maximum Gasteiger partial charge on any atom is 0.404 e. The molecule has 0 aromatic heterocycles. The molecule has 0 unspecified atom stereocenters. The van der Waals surface area contributed by atoms with E-state index in [4.69, 9.17) is 10.5 Å². The van der Waals surface area contributed by atoms with Gasteiger partial charge >= 0.3 is 6.09 Å². The minimum atomic E-state index is -0.737. The molecule has 76 valence electrons. The van der Waals surface area contributed by atoms with Crippen molar-refractivity contribution in [2.24, 2.45) is 5.73 Å². The lowest BCUT2D eigenvalue weighted by molar-refractivity contribution is -0.0266. The highest BCUT2D eigenvalue weighted by Crippen LogP contribution is 2.38. The SMILES string of the molecule is CC[C@]1(C)O[C@@H](COC(N)=O)CS1. The summed E-state index contributed by atoms with van der Waals surface area (Å²) in [4.78, 5) is 10.2. The van der Waals surface area contributed by atoms with Gasteiger partial charge in [0.2, 0.25) is 0 Å².